The Morgan fingerprint density at radius 1 is 0.642 bits per heavy atom. The van der Waals surface area contributed by atoms with E-state index in [1.807, 2.05) is 41.5 Å². The zero-order chi connectivity index (χ0) is 39.4. The molecule has 9 heteroatoms. The zero-order valence-corrected chi connectivity index (χ0v) is 34.9. The van der Waals surface area contributed by atoms with Gasteiger partial charge < -0.3 is 24.1 Å². The summed E-state index contributed by atoms with van der Waals surface area (Å²) in [4.78, 5) is 47.6. The van der Waals surface area contributed by atoms with E-state index in [0.29, 0.717) is 49.0 Å². The summed E-state index contributed by atoms with van der Waals surface area (Å²) >= 11 is 0. The van der Waals surface area contributed by atoms with Crippen LogP contribution in [-0.2, 0) is 38.1 Å². The first-order valence-electron chi connectivity index (χ1n) is 21.1. The normalized spacial score (nSPS) is 39.3. The van der Waals surface area contributed by atoms with Gasteiger partial charge >= 0.3 is 23.9 Å². The standard InChI is InChI=1S/C17H28O3.C17H28O2.C10H16O4/c1-5-15(2,3)14(18)20-16(4)12-6-11-7-13(16)10-17(19,8-11)9-12;1-5-16(2,3)15(18)19-17(4)13-7-11-6-12(9-13)10-14(17)8-11;1-4-10(2,3)9(12)14-7-5-6-13-8(7)11/h11-13,19H,5-10H2,1-4H3;11-14H,5-10H2,1-4H3;7H,4-6H2,1-3H3. The summed E-state index contributed by atoms with van der Waals surface area (Å²) in [5.41, 5.74) is -2.26. The molecular formula is C44H72O9. The number of ether oxygens (including phenoxy) is 4. The van der Waals surface area contributed by atoms with E-state index in [0.717, 1.165) is 56.8 Å². The highest BCUT2D eigenvalue weighted by Crippen LogP contribution is 2.62. The summed E-state index contributed by atoms with van der Waals surface area (Å²) in [5, 5.41) is 10.6. The first-order chi connectivity index (χ1) is 24.5. The molecule has 1 N–H and O–H groups in total. The molecule has 3 unspecified atom stereocenters. The van der Waals surface area contributed by atoms with Crippen LogP contribution in [0.3, 0.4) is 0 Å². The number of esters is 4. The van der Waals surface area contributed by atoms with Gasteiger partial charge in [-0.3, -0.25) is 14.4 Å². The fraction of sp³-hybridized carbons (Fsp3) is 0.909. The van der Waals surface area contributed by atoms with Crippen LogP contribution in [0.15, 0.2) is 0 Å². The minimum atomic E-state index is -0.687. The highest BCUT2D eigenvalue weighted by atomic mass is 16.6. The molecule has 0 aromatic rings. The minimum Gasteiger partial charge on any atom is -0.463 e. The van der Waals surface area contributed by atoms with Crippen molar-refractivity contribution in [1.82, 2.24) is 0 Å². The van der Waals surface area contributed by atoms with Gasteiger partial charge in [-0.05, 0) is 168 Å². The molecule has 1 heterocycles. The summed E-state index contributed by atoms with van der Waals surface area (Å²) < 4.78 is 22.0. The van der Waals surface area contributed by atoms with Crippen LogP contribution in [0.2, 0.25) is 0 Å². The Morgan fingerprint density at radius 2 is 1.04 bits per heavy atom. The lowest BCUT2D eigenvalue weighted by molar-refractivity contribution is -0.240. The first-order valence-corrected chi connectivity index (χ1v) is 21.1. The predicted octanol–water partition coefficient (Wildman–Crippen LogP) is 8.76. The molecule has 1 aliphatic heterocycles. The molecule has 8 aliphatic carbocycles. The number of aliphatic hydroxyl groups is 1. The molecule has 0 spiro atoms. The lowest BCUT2D eigenvalue weighted by atomic mass is 9.48. The maximum atomic E-state index is 12.5. The van der Waals surface area contributed by atoms with E-state index in [1.165, 1.54) is 32.1 Å². The predicted molar refractivity (Wildman–Crippen MR) is 202 cm³/mol. The number of carbonyl (C=O) groups excluding carboxylic acids is 4. The molecular weight excluding hydrogens is 672 g/mol. The van der Waals surface area contributed by atoms with Gasteiger partial charge in [-0.15, -0.1) is 0 Å². The lowest BCUT2D eigenvalue weighted by Crippen LogP contribution is -2.64. The van der Waals surface area contributed by atoms with Crippen molar-refractivity contribution in [3.63, 3.8) is 0 Å². The monoisotopic (exact) mass is 745 g/mol. The number of rotatable bonds is 9. The second-order valence-corrected chi connectivity index (χ2v) is 20.6. The Labute approximate surface area is 319 Å². The molecule has 9 rings (SSSR count). The summed E-state index contributed by atoms with van der Waals surface area (Å²) in [6.07, 6.45) is 13.6. The largest absolute Gasteiger partial charge is 0.463 e. The van der Waals surface area contributed by atoms with Crippen molar-refractivity contribution in [3.8, 4) is 0 Å². The van der Waals surface area contributed by atoms with Gasteiger partial charge in [-0.2, -0.15) is 0 Å². The van der Waals surface area contributed by atoms with Crippen LogP contribution in [0.1, 0.15) is 166 Å². The van der Waals surface area contributed by atoms with Crippen LogP contribution in [0.4, 0.5) is 0 Å². The number of hydrogen-bond donors (Lipinski definition) is 1. The summed E-state index contributed by atoms with van der Waals surface area (Å²) in [6.45, 7) is 22.2. The minimum absolute atomic E-state index is 0.0185. The molecule has 8 bridgehead atoms. The third-order valence-electron chi connectivity index (χ3n) is 15.6. The van der Waals surface area contributed by atoms with E-state index < -0.39 is 28.5 Å². The van der Waals surface area contributed by atoms with Gasteiger partial charge in [0.05, 0.1) is 28.5 Å². The topological polar surface area (TPSA) is 125 Å². The quantitative estimate of drug-likeness (QED) is 0.182. The molecule has 8 saturated carbocycles. The average molecular weight is 745 g/mol. The Hall–Kier alpha value is -2.16. The van der Waals surface area contributed by atoms with Crippen LogP contribution in [0.5, 0.6) is 0 Å². The summed E-state index contributed by atoms with van der Waals surface area (Å²) in [6, 6.07) is 0. The summed E-state index contributed by atoms with van der Waals surface area (Å²) in [7, 11) is 0. The van der Waals surface area contributed by atoms with Crippen molar-refractivity contribution in [2.24, 2.45) is 57.7 Å². The molecule has 3 atom stereocenters. The van der Waals surface area contributed by atoms with E-state index in [9.17, 15) is 24.3 Å². The van der Waals surface area contributed by atoms with Gasteiger partial charge in [-0.1, -0.05) is 20.8 Å². The highest BCUT2D eigenvalue weighted by molar-refractivity contribution is 5.82. The maximum Gasteiger partial charge on any atom is 0.347 e. The molecule has 9 nitrogen and oxygen atoms in total. The van der Waals surface area contributed by atoms with Crippen LogP contribution in [-0.4, -0.2) is 58.5 Å². The number of carbonyl (C=O) groups is 4. The highest BCUT2D eigenvalue weighted by Gasteiger charge is 2.62. The second kappa shape index (κ2) is 15.1. The third-order valence-corrected chi connectivity index (χ3v) is 15.6. The molecule has 9 aliphatic rings. The number of hydrogen-bond acceptors (Lipinski definition) is 9. The van der Waals surface area contributed by atoms with Crippen molar-refractivity contribution in [3.05, 3.63) is 0 Å². The van der Waals surface area contributed by atoms with Crippen LogP contribution >= 0.6 is 0 Å². The van der Waals surface area contributed by atoms with E-state index in [4.69, 9.17) is 18.9 Å². The number of cyclic esters (lactones) is 1. The molecule has 9 fully saturated rings. The SMILES string of the molecule is CCC(C)(C)C(=O)OC1(C)C2CC3CC(C2)CC1C3.CCC(C)(C)C(=O)OC1(C)C2CC3CC1CC(O)(C3)C2.CCC(C)(C)C(=O)OC1CCOC1=O. The molecule has 0 radical (unpaired) electrons. The van der Waals surface area contributed by atoms with Gasteiger partial charge in [0.25, 0.3) is 0 Å². The summed E-state index contributed by atoms with van der Waals surface area (Å²) in [5.74, 6) is 3.62. The molecule has 302 valence electrons. The maximum absolute atomic E-state index is 12.5. The van der Waals surface area contributed by atoms with E-state index in [2.05, 4.69) is 20.8 Å². The van der Waals surface area contributed by atoms with Crippen molar-refractivity contribution < 1.29 is 43.2 Å². The van der Waals surface area contributed by atoms with Crippen molar-refractivity contribution in [2.75, 3.05) is 6.61 Å². The van der Waals surface area contributed by atoms with E-state index >= 15 is 0 Å². The van der Waals surface area contributed by atoms with Crippen molar-refractivity contribution in [2.45, 2.75) is 189 Å². The van der Waals surface area contributed by atoms with Crippen molar-refractivity contribution in [1.29, 1.82) is 0 Å². The second-order valence-electron chi connectivity index (χ2n) is 20.6. The Bertz CT molecular complexity index is 1330. The third kappa shape index (κ3) is 8.50. The zero-order valence-electron chi connectivity index (χ0n) is 34.9. The fourth-order valence-electron chi connectivity index (χ4n) is 10.6. The van der Waals surface area contributed by atoms with Gasteiger partial charge in [0.15, 0.2) is 0 Å². The fourth-order valence-corrected chi connectivity index (χ4v) is 10.6. The van der Waals surface area contributed by atoms with Gasteiger partial charge in [-0.25, -0.2) is 4.79 Å². The molecule has 0 amide bonds. The van der Waals surface area contributed by atoms with Gasteiger partial charge in [0.1, 0.15) is 11.2 Å². The molecule has 53 heavy (non-hydrogen) atoms. The first kappa shape index (κ1) is 42.0. The lowest BCUT2D eigenvalue weighted by Gasteiger charge is -2.62. The molecule has 0 aromatic carbocycles. The van der Waals surface area contributed by atoms with E-state index in [1.54, 1.807) is 13.8 Å². The molecule has 0 aromatic heterocycles. The molecule has 1 saturated heterocycles. The van der Waals surface area contributed by atoms with Crippen LogP contribution < -0.4 is 0 Å². The Kier molecular flexibility index (Phi) is 11.9. The van der Waals surface area contributed by atoms with Crippen molar-refractivity contribution >= 4 is 23.9 Å². The van der Waals surface area contributed by atoms with Gasteiger partial charge in [0, 0.05) is 18.3 Å². The average Bonchev–Trinajstić information content (AvgIpc) is 3.49. The van der Waals surface area contributed by atoms with E-state index in [-0.39, 0.29) is 34.5 Å². The van der Waals surface area contributed by atoms with Gasteiger partial charge in [0.2, 0.25) is 6.10 Å². The van der Waals surface area contributed by atoms with Crippen LogP contribution in [0.25, 0.3) is 0 Å². The Morgan fingerprint density at radius 3 is 1.42 bits per heavy atom. The van der Waals surface area contributed by atoms with Crippen LogP contribution in [0, 0.1) is 57.7 Å². The smallest absolute Gasteiger partial charge is 0.347 e. The Balaban J connectivity index is 0.000000156.